The maximum Gasteiger partial charge on any atom is 0.222 e. The highest BCUT2D eigenvalue weighted by molar-refractivity contribution is 8.14. The van der Waals surface area contributed by atoms with Gasteiger partial charge in [-0.1, -0.05) is 30.0 Å². The average molecular weight is 356 g/mol. The molecule has 0 radical (unpaired) electrons. The Kier molecular flexibility index (Phi) is 3.86. The molecule has 2 heterocycles. The van der Waals surface area contributed by atoms with Crippen LogP contribution in [0.25, 0.3) is 0 Å². The monoisotopic (exact) mass is 356 g/mol. The molecule has 3 aliphatic rings. The minimum atomic E-state index is -0.417. The van der Waals surface area contributed by atoms with Crippen molar-refractivity contribution >= 4 is 22.6 Å². The fraction of sp³-hybridized carbons (Fsp3) is 0.125. The normalized spacial score (nSPS) is 21.3. The molecule has 9 heteroatoms. The molecular formula is C16H14N5O3S-. The van der Waals surface area contributed by atoms with Crippen LogP contribution in [0.3, 0.4) is 0 Å². The lowest BCUT2D eigenvalue weighted by Gasteiger charge is -2.19. The molecule has 0 spiro atoms. The molecular weight excluding hydrogens is 342 g/mol. The SMILES string of the molecule is COc1ccccc1C1NN2C(=NNC2=C2C=CC(=[N+]([O-])[O-])C=C2)S1. The highest BCUT2D eigenvalue weighted by atomic mass is 32.2. The van der Waals surface area contributed by atoms with Gasteiger partial charge in [0.15, 0.2) is 5.82 Å². The van der Waals surface area contributed by atoms with Crippen LogP contribution in [0.2, 0.25) is 0 Å². The summed E-state index contributed by atoms with van der Waals surface area (Å²) in [6, 6.07) is 7.81. The minimum absolute atomic E-state index is 0.0370. The second kappa shape index (κ2) is 6.19. The summed E-state index contributed by atoms with van der Waals surface area (Å²) in [6.45, 7) is 0. The van der Waals surface area contributed by atoms with Crippen LogP contribution in [0.5, 0.6) is 5.75 Å². The molecule has 8 nitrogen and oxygen atoms in total. The van der Waals surface area contributed by atoms with Gasteiger partial charge in [0.2, 0.25) is 10.9 Å². The third kappa shape index (κ3) is 2.73. The first-order chi connectivity index (χ1) is 12.2. The lowest BCUT2D eigenvalue weighted by Crippen LogP contribution is -2.34. The summed E-state index contributed by atoms with van der Waals surface area (Å²) in [6.07, 6.45) is 6.34. The van der Waals surface area contributed by atoms with E-state index >= 15 is 0 Å². The van der Waals surface area contributed by atoms with Crippen molar-refractivity contribution in [3.8, 4) is 5.75 Å². The molecule has 1 atom stereocenters. The van der Waals surface area contributed by atoms with E-state index in [4.69, 9.17) is 4.74 Å². The van der Waals surface area contributed by atoms with E-state index in [0.717, 1.165) is 27.9 Å². The van der Waals surface area contributed by atoms with E-state index in [2.05, 4.69) is 16.0 Å². The van der Waals surface area contributed by atoms with Gasteiger partial charge >= 0.3 is 0 Å². The zero-order valence-corrected chi connectivity index (χ0v) is 14.0. The zero-order chi connectivity index (χ0) is 17.4. The molecule has 25 heavy (non-hydrogen) atoms. The van der Waals surface area contributed by atoms with Crippen LogP contribution in [0.1, 0.15) is 10.9 Å². The highest BCUT2D eigenvalue weighted by Gasteiger charge is 2.37. The van der Waals surface area contributed by atoms with Crippen molar-refractivity contribution in [2.45, 2.75) is 5.37 Å². The number of hydrazine groups is 1. The number of amidine groups is 1. The molecule has 0 amide bonds. The van der Waals surface area contributed by atoms with Gasteiger partial charge in [-0.05, 0) is 18.2 Å². The summed E-state index contributed by atoms with van der Waals surface area (Å²) in [4.78, 5) is -0.417. The van der Waals surface area contributed by atoms with E-state index < -0.39 is 4.90 Å². The van der Waals surface area contributed by atoms with Gasteiger partial charge < -0.3 is 15.2 Å². The second-order valence-electron chi connectivity index (χ2n) is 5.36. The second-order valence-corrected chi connectivity index (χ2v) is 6.44. The van der Waals surface area contributed by atoms with E-state index in [1.54, 1.807) is 31.0 Å². The Hall–Kier alpha value is -2.91. The fourth-order valence-electron chi connectivity index (χ4n) is 2.69. The van der Waals surface area contributed by atoms with Crippen LogP contribution in [-0.4, -0.2) is 27.9 Å². The van der Waals surface area contributed by atoms with Gasteiger partial charge in [0, 0.05) is 23.3 Å². The quantitative estimate of drug-likeness (QED) is 0.617. The summed E-state index contributed by atoms with van der Waals surface area (Å²) in [7, 11) is 1.65. The zero-order valence-electron chi connectivity index (χ0n) is 13.2. The minimum Gasteiger partial charge on any atom is -0.612 e. The standard InChI is InChI=1S/C16H14N5O3S/c1-24-13-5-3-2-4-12(13)15-19-20-14(17-18-16(20)25-15)10-6-8-11(9-7-10)21(22)23/h2-9,15,17,19H,1H3/q-1. The summed E-state index contributed by atoms with van der Waals surface area (Å²) in [5, 5.41) is 28.5. The number of benzene rings is 1. The molecule has 1 aliphatic carbocycles. The molecule has 2 aliphatic heterocycles. The Morgan fingerprint density at radius 1 is 1.20 bits per heavy atom. The van der Waals surface area contributed by atoms with Gasteiger partial charge in [-0.25, -0.2) is 10.4 Å². The van der Waals surface area contributed by atoms with Crippen molar-refractivity contribution < 1.29 is 9.64 Å². The van der Waals surface area contributed by atoms with Crippen LogP contribution in [0.4, 0.5) is 0 Å². The number of nitrogens with zero attached hydrogens (tertiary/aromatic N) is 3. The molecule has 0 saturated carbocycles. The van der Waals surface area contributed by atoms with Crippen molar-refractivity contribution in [2.24, 2.45) is 5.10 Å². The van der Waals surface area contributed by atoms with Crippen LogP contribution in [0.15, 0.2) is 65.1 Å². The molecule has 1 saturated heterocycles. The summed E-state index contributed by atoms with van der Waals surface area (Å²) < 4.78 is 5.43. The first-order valence-electron chi connectivity index (χ1n) is 7.49. The highest BCUT2D eigenvalue weighted by Crippen LogP contribution is 2.41. The van der Waals surface area contributed by atoms with Crippen molar-refractivity contribution in [1.82, 2.24) is 15.9 Å². The van der Waals surface area contributed by atoms with E-state index in [9.17, 15) is 10.4 Å². The number of para-hydroxylation sites is 1. The predicted octanol–water partition coefficient (Wildman–Crippen LogP) is 1.91. The van der Waals surface area contributed by atoms with Crippen molar-refractivity contribution in [3.63, 3.8) is 0 Å². The number of rotatable bonds is 2. The molecule has 1 aromatic rings. The molecule has 1 aromatic carbocycles. The van der Waals surface area contributed by atoms with Crippen molar-refractivity contribution in [3.05, 3.63) is 75.9 Å². The molecule has 1 fully saturated rings. The first-order valence-corrected chi connectivity index (χ1v) is 8.36. The molecule has 1 unspecified atom stereocenters. The van der Waals surface area contributed by atoms with E-state index in [-0.39, 0.29) is 11.1 Å². The van der Waals surface area contributed by atoms with E-state index in [1.165, 1.54) is 12.2 Å². The van der Waals surface area contributed by atoms with Crippen LogP contribution >= 0.6 is 11.8 Å². The number of allylic oxidation sites excluding steroid dienone is 5. The number of hydrogen-bond acceptors (Lipinski definition) is 8. The maximum absolute atomic E-state index is 10.8. The van der Waals surface area contributed by atoms with Crippen molar-refractivity contribution in [1.29, 1.82) is 0 Å². The third-order valence-corrected chi connectivity index (χ3v) is 4.99. The van der Waals surface area contributed by atoms with E-state index in [1.807, 2.05) is 29.3 Å². The summed E-state index contributed by atoms with van der Waals surface area (Å²) in [5.41, 5.74) is 8.23. The number of hydrazone groups is 1. The Bertz CT molecular complexity index is 852. The fourth-order valence-corrected chi connectivity index (χ4v) is 3.73. The summed E-state index contributed by atoms with van der Waals surface area (Å²) in [5.74, 6) is 1.54. The van der Waals surface area contributed by atoms with Crippen LogP contribution < -0.4 is 15.6 Å². The number of methoxy groups -OCH3 is 1. The van der Waals surface area contributed by atoms with Gasteiger partial charge in [-0.3, -0.25) is 5.43 Å². The lowest BCUT2D eigenvalue weighted by atomic mass is 10.1. The average Bonchev–Trinajstić information content (AvgIpc) is 3.22. The number of hydrogen-bond donors (Lipinski definition) is 2. The van der Waals surface area contributed by atoms with Gasteiger partial charge in [0.1, 0.15) is 11.1 Å². The Labute approximate surface area is 148 Å². The lowest BCUT2D eigenvalue weighted by molar-refractivity contribution is -0.377. The Morgan fingerprint density at radius 2 is 1.96 bits per heavy atom. The maximum atomic E-state index is 10.8. The Morgan fingerprint density at radius 3 is 2.68 bits per heavy atom. The van der Waals surface area contributed by atoms with Crippen molar-refractivity contribution in [2.75, 3.05) is 7.11 Å². The largest absolute Gasteiger partial charge is 0.612 e. The van der Waals surface area contributed by atoms with Crippen LogP contribution in [0, 0.1) is 10.4 Å². The van der Waals surface area contributed by atoms with E-state index in [0.29, 0.717) is 0 Å². The Balaban J connectivity index is 1.60. The topological polar surface area (TPSA) is 98.0 Å². The first kappa shape index (κ1) is 15.6. The number of fused-ring (bicyclic) bond motifs is 1. The van der Waals surface area contributed by atoms with Gasteiger partial charge in [0.05, 0.1) is 7.11 Å². The number of nitrogens with one attached hydrogen (secondary N) is 2. The van der Waals surface area contributed by atoms with Gasteiger partial charge in [-0.15, -0.1) is 5.10 Å². The molecule has 0 bridgehead atoms. The number of ether oxygens (including phenoxy) is 1. The predicted molar refractivity (Wildman–Crippen MR) is 96.2 cm³/mol. The molecule has 0 aromatic heterocycles. The van der Waals surface area contributed by atoms with Gasteiger partial charge in [0.25, 0.3) is 0 Å². The van der Waals surface area contributed by atoms with Crippen LogP contribution in [-0.2, 0) is 0 Å². The number of thioether (sulfide) groups is 1. The summed E-state index contributed by atoms with van der Waals surface area (Å²) >= 11 is 1.56. The van der Waals surface area contributed by atoms with Gasteiger partial charge in [-0.2, -0.15) is 4.90 Å². The smallest absolute Gasteiger partial charge is 0.222 e. The molecule has 4 rings (SSSR count). The molecule has 2 N–H and O–H groups in total. The third-order valence-electron chi connectivity index (χ3n) is 3.91. The molecule has 128 valence electrons.